The lowest BCUT2D eigenvalue weighted by Gasteiger charge is -2.12. The molecule has 0 radical (unpaired) electrons. The number of carbonyl (C=O) groups is 1. The summed E-state index contributed by atoms with van der Waals surface area (Å²) in [5, 5.41) is 14.9. The van der Waals surface area contributed by atoms with E-state index < -0.39 is 5.91 Å². The van der Waals surface area contributed by atoms with Gasteiger partial charge < -0.3 is 25.8 Å². The fourth-order valence-corrected chi connectivity index (χ4v) is 2.56. The van der Waals surface area contributed by atoms with Crippen LogP contribution in [0.15, 0.2) is 54.2 Å². The standard InChI is InChI=1S/C22H26N4O3/c1-3-28-20-10-5-16(13-21(20)29-4-2)11-12-25-15-17(14-23)22(27)26-19-8-6-18(24)7-9-19/h5-10,13,15,25H,3-4,11-12,24H2,1-2H3,(H,26,27)/b17-15-. The van der Waals surface area contributed by atoms with Gasteiger partial charge in [0.15, 0.2) is 11.5 Å². The van der Waals surface area contributed by atoms with Crippen molar-refractivity contribution in [3.63, 3.8) is 0 Å². The molecular formula is C22H26N4O3. The maximum atomic E-state index is 12.2. The first-order valence-corrected chi connectivity index (χ1v) is 9.46. The Bertz CT molecular complexity index is 886. The highest BCUT2D eigenvalue weighted by molar-refractivity contribution is 6.06. The minimum atomic E-state index is -0.482. The quantitative estimate of drug-likeness (QED) is 0.247. The average molecular weight is 394 g/mol. The van der Waals surface area contributed by atoms with Crippen molar-refractivity contribution >= 4 is 17.3 Å². The van der Waals surface area contributed by atoms with Gasteiger partial charge in [-0.1, -0.05) is 6.07 Å². The van der Waals surface area contributed by atoms with Crippen LogP contribution in [-0.2, 0) is 11.2 Å². The Balaban J connectivity index is 1.92. The van der Waals surface area contributed by atoms with Gasteiger partial charge in [-0.15, -0.1) is 0 Å². The molecule has 152 valence electrons. The fraction of sp³-hybridized carbons (Fsp3) is 0.273. The van der Waals surface area contributed by atoms with Crippen molar-refractivity contribution in [2.24, 2.45) is 0 Å². The molecule has 29 heavy (non-hydrogen) atoms. The fourth-order valence-electron chi connectivity index (χ4n) is 2.56. The molecule has 7 heteroatoms. The van der Waals surface area contributed by atoms with E-state index in [1.807, 2.05) is 38.1 Å². The Morgan fingerprint density at radius 2 is 1.79 bits per heavy atom. The maximum absolute atomic E-state index is 12.2. The minimum absolute atomic E-state index is 0.0106. The van der Waals surface area contributed by atoms with Crippen molar-refractivity contribution in [2.45, 2.75) is 20.3 Å². The Labute approximate surface area is 171 Å². The number of carbonyl (C=O) groups excluding carboxylic acids is 1. The summed E-state index contributed by atoms with van der Waals surface area (Å²) in [5.41, 5.74) is 7.84. The molecule has 0 fully saturated rings. The summed E-state index contributed by atoms with van der Waals surface area (Å²) in [6.45, 7) is 5.53. The van der Waals surface area contributed by atoms with Gasteiger partial charge in [0.2, 0.25) is 0 Å². The summed E-state index contributed by atoms with van der Waals surface area (Å²) in [4.78, 5) is 12.2. The molecule has 4 N–H and O–H groups in total. The first-order chi connectivity index (χ1) is 14.1. The number of anilines is 2. The highest BCUT2D eigenvalue weighted by Gasteiger charge is 2.09. The van der Waals surface area contributed by atoms with Crippen LogP contribution in [0.4, 0.5) is 11.4 Å². The van der Waals surface area contributed by atoms with Crippen LogP contribution in [0.3, 0.4) is 0 Å². The van der Waals surface area contributed by atoms with Crippen LogP contribution in [0.1, 0.15) is 19.4 Å². The summed E-state index contributed by atoms with van der Waals surface area (Å²) < 4.78 is 11.2. The molecule has 2 rings (SSSR count). The van der Waals surface area contributed by atoms with E-state index in [-0.39, 0.29) is 5.57 Å². The zero-order valence-corrected chi connectivity index (χ0v) is 16.7. The van der Waals surface area contributed by atoms with Crippen LogP contribution in [0.5, 0.6) is 11.5 Å². The molecule has 0 saturated heterocycles. The number of nitrogens with zero attached hydrogens (tertiary/aromatic N) is 1. The first kappa shape index (κ1) is 21.6. The zero-order valence-electron chi connectivity index (χ0n) is 16.7. The molecule has 0 aliphatic carbocycles. The van der Waals surface area contributed by atoms with E-state index in [1.165, 1.54) is 6.20 Å². The van der Waals surface area contributed by atoms with E-state index in [4.69, 9.17) is 15.2 Å². The Hall–Kier alpha value is -3.66. The largest absolute Gasteiger partial charge is 0.490 e. The second-order valence-electron chi connectivity index (χ2n) is 6.10. The SMILES string of the molecule is CCOc1ccc(CCN/C=C(/C#N)C(=O)Nc2ccc(N)cc2)cc1OCC. The molecule has 0 atom stereocenters. The number of ether oxygens (including phenoxy) is 2. The van der Waals surface area contributed by atoms with Gasteiger partial charge in [0.1, 0.15) is 11.6 Å². The molecule has 0 aliphatic rings. The van der Waals surface area contributed by atoms with Crippen LogP contribution in [0.2, 0.25) is 0 Å². The van der Waals surface area contributed by atoms with Crippen LogP contribution in [-0.4, -0.2) is 25.7 Å². The number of benzene rings is 2. The van der Waals surface area contributed by atoms with Crippen molar-refractivity contribution in [3.8, 4) is 17.6 Å². The number of hydrogen-bond donors (Lipinski definition) is 3. The van der Waals surface area contributed by atoms with E-state index in [9.17, 15) is 10.1 Å². The number of nitriles is 1. The predicted molar refractivity (Wildman–Crippen MR) is 114 cm³/mol. The van der Waals surface area contributed by atoms with Gasteiger partial charge in [-0.25, -0.2) is 0 Å². The highest BCUT2D eigenvalue weighted by Crippen LogP contribution is 2.28. The molecule has 2 aromatic carbocycles. The summed E-state index contributed by atoms with van der Waals surface area (Å²) in [7, 11) is 0. The van der Waals surface area contributed by atoms with Gasteiger partial charge in [-0.05, 0) is 62.2 Å². The number of rotatable bonds is 10. The number of nitrogens with two attached hydrogens (primary N) is 1. The van der Waals surface area contributed by atoms with Crippen LogP contribution in [0.25, 0.3) is 0 Å². The van der Waals surface area contributed by atoms with Gasteiger partial charge in [-0.2, -0.15) is 5.26 Å². The van der Waals surface area contributed by atoms with Crippen LogP contribution in [0, 0.1) is 11.3 Å². The molecule has 0 spiro atoms. The normalized spacial score (nSPS) is 10.7. The summed E-state index contributed by atoms with van der Waals surface area (Å²) >= 11 is 0. The Morgan fingerprint density at radius 1 is 1.10 bits per heavy atom. The van der Waals surface area contributed by atoms with Gasteiger partial charge in [0.05, 0.1) is 13.2 Å². The number of amides is 1. The van der Waals surface area contributed by atoms with E-state index in [0.29, 0.717) is 43.3 Å². The van der Waals surface area contributed by atoms with Gasteiger partial charge in [0, 0.05) is 24.1 Å². The molecule has 2 aromatic rings. The monoisotopic (exact) mass is 394 g/mol. The average Bonchev–Trinajstić information content (AvgIpc) is 2.72. The molecule has 0 heterocycles. The molecule has 7 nitrogen and oxygen atoms in total. The van der Waals surface area contributed by atoms with Crippen molar-refractivity contribution in [1.29, 1.82) is 5.26 Å². The van der Waals surface area contributed by atoms with E-state index >= 15 is 0 Å². The minimum Gasteiger partial charge on any atom is -0.490 e. The molecule has 0 saturated carbocycles. The van der Waals surface area contributed by atoms with Gasteiger partial charge >= 0.3 is 0 Å². The third kappa shape index (κ3) is 6.78. The van der Waals surface area contributed by atoms with Crippen LogP contribution >= 0.6 is 0 Å². The third-order valence-corrected chi connectivity index (χ3v) is 3.95. The zero-order chi connectivity index (χ0) is 21.1. The lowest BCUT2D eigenvalue weighted by molar-refractivity contribution is -0.112. The second-order valence-corrected chi connectivity index (χ2v) is 6.10. The molecule has 0 bridgehead atoms. The van der Waals surface area contributed by atoms with Crippen molar-refractivity contribution in [3.05, 3.63) is 59.8 Å². The van der Waals surface area contributed by atoms with E-state index in [2.05, 4.69) is 10.6 Å². The Morgan fingerprint density at radius 3 is 2.45 bits per heavy atom. The summed E-state index contributed by atoms with van der Waals surface area (Å²) in [5.74, 6) is 0.949. The number of hydrogen-bond acceptors (Lipinski definition) is 6. The second kappa shape index (κ2) is 11.2. The highest BCUT2D eigenvalue weighted by atomic mass is 16.5. The van der Waals surface area contributed by atoms with Crippen molar-refractivity contribution in [2.75, 3.05) is 30.8 Å². The number of nitrogen functional groups attached to an aromatic ring is 1. The van der Waals surface area contributed by atoms with Gasteiger partial charge in [-0.3, -0.25) is 4.79 Å². The lowest BCUT2D eigenvalue weighted by atomic mass is 10.1. The van der Waals surface area contributed by atoms with Crippen molar-refractivity contribution < 1.29 is 14.3 Å². The lowest BCUT2D eigenvalue weighted by Crippen LogP contribution is -2.18. The summed E-state index contributed by atoms with van der Waals surface area (Å²) in [6.07, 6.45) is 2.12. The first-order valence-electron chi connectivity index (χ1n) is 9.46. The summed E-state index contributed by atoms with van der Waals surface area (Å²) in [6, 6.07) is 14.4. The molecular weight excluding hydrogens is 368 g/mol. The topological polar surface area (TPSA) is 109 Å². The molecule has 0 unspecified atom stereocenters. The number of nitrogens with one attached hydrogen (secondary N) is 2. The maximum Gasteiger partial charge on any atom is 0.267 e. The van der Waals surface area contributed by atoms with Gasteiger partial charge in [0.25, 0.3) is 5.91 Å². The Kier molecular flexibility index (Phi) is 8.39. The molecule has 1 amide bonds. The van der Waals surface area contributed by atoms with Crippen molar-refractivity contribution in [1.82, 2.24) is 5.32 Å². The van der Waals surface area contributed by atoms with E-state index in [1.54, 1.807) is 24.3 Å². The van der Waals surface area contributed by atoms with E-state index in [0.717, 1.165) is 11.3 Å². The molecule has 0 aromatic heterocycles. The predicted octanol–water partition coefficient (Wildman–Crippen LogP) is 3.24. The third-order valence-electron chi connectivity index (χ3n) is 3.95. The smallest absolute Gasteiger partial charge is 0.267 e. The van der Waals surface area contributed by atoms with Crippen LogP contribution < -0.4 is 25.8 Å². The molecule has 0 aliphatic heterocycles.